The molecule has 1 aliphatic heterocycles. The summed E-state index contributed by atoms with van der Waals surface area (Å²) in [7, 11) is 2.00. The highest BCUT2D eigenvalue weighted by Gasteiger charge is 2.28. The molecule has 4 rings (SSSR count). The highest BCUT2D eigenvalue weighted by molar-refractivity contribution is 5.96. The van der Waals surface area contributed by atoms with Gasteiger partial charge in [0.05, 0.1) is 23.1 Å². The topological polar surface area (TPSA) is 95.5 Å². The molecule has 5 N–H and O–H groups in total. The van der Waals surface area contributed by atoms with Crippen molar-refractivity contribution in [2.75, 3.05) is 20.1 Å². The fourth-order valence-electron chi connectivity index (χ4n) is 7.94. The van der Waals surface area contributed by atoms with Gasteiger partial charge in [0.1, 0.15) is 0 Å². The molecule has 0 aliphatic carbocycles. The molecule has 3 heterocycles. The Morgan fingerprint density at radius 2 is 1.87 bits per heavy atom. The molecule has 1 aromatic carbocycles. The van der Waals surface area contributed by atoms with Gasteiger partial charge in [-0.15, -0.1) is 6.58 Å². The van der Waals surface area contributed by atoms with Crippen LogP contribution in [0.2, 0.25) is 0 Å². The maximum absolute atomic E-state index is 6.55. The Kier molecular flexibility index (Phi) is 15.1. The van der Waals surface area contributed by atoms with Crippen molar-refractivity contribution in [3.05, 3.63) is 96.1 Å². The predicted octanol–water partition coefficient (Wildman–Crippen LogP) is 9.71. The minimum Gasteiger partial charge on any atom is -0.379 e. The summed E-state index contributed by atoms with van der Waals surface area (Å²) in [5.74, 6) is 0.393. The Hall–Kier alpha value is -3.98. The second-order valence-electron chi connectivity index (χ2n) is 16.5. The molecular formula is C46H70N8. The lowest BCUT2D eigenvalue weighted by Gasteiger charge is -2.37. The van der Waals surface area contributed by atoms with Gasteiger partial charge in [0.25, 0.3) is 0 Å². The first kappa shape index (κ1) is 42.8. The number of nitrogens with zero attached hydrogens (tertiary/aromatic N) is 4. The number of fused-ring (bicyclic) bond motifs is 1. The van der Waals surface area contributed by atoms with Gasteiger partial charge in [0, 0.05) is 83.5 Å². The number of likely N-dealkylation sites (N-methyl/N-ethyl adjacent to an activating group) is 1. The van der Waals surface area contributed by atoms with Crippen LogP contribution in [0.25, 0.3) is 27.9 Å². The summed E-state index contributed by atoms with van der Waals surface area (Å²) >= 11 is 0. The van der Waals surface area contributed by atoms with E-state index in [2.05, 4.69) is 131 Å². The van der Waals surface area contributed by atoms with E-state index in [9.17, 15) is 0 Å². The maximum Gasteiger partial charge on any atom is 0.0719 e. The summed E-state index contributed by atoms with van der Waals surface area (Å²) in [4.78, 5) is 10.1. The number of pyridine rings is 1. The van der Waals surface area contributed by atoms with Crippen LogP contribution < -0.4 is 21.8 Å². The van der Waals surface area contributed by atoms with Gasteiger partial charge in [-0.25, -0.2) is 5.43 Å². The lowest BCUT2D eigenvalue weighted by atomic mass is 9.79. The van der Waals surface area contributed by atoms with Crippen LogP contribution in [-0.4, -0.2) is 52.5 Å². The number of nitrogens with one attached hydrogen (secondary N) is 3. The Morgan fingerprint density at radius 1 is 1.13 bits per heavy atom. The summed E-state index contributed by atoms with van der Waals surface area (Å²) in [5.41, 5.74) is 22.3. The van der Waals surface area contributed by atoms with E-state index in [0.717, 1.165) is 84.9 Å². The summed E-state index contributed by atoms with van der Waals surface area (Å²) in [6.07, 6.45) is 9.98. The molecule has 3 aromatic rings. The van der Waals surface area contributed by atoms with Crippen molar-refractivity contribution < 1.29 is 0 Å². The minimum absolute atomic E-state index is 0.0466. The molecule has 3 atom stereocenters. The number of hydrazine groups is 1. The third kappa shape index (κ3) is 10.4. The first-order chi connectivity index (χ1) is 25.6. The Balaban J connectivity index is 1.80. The number of allylic oxidation sites excluding steroid dienone is 2. The van der Waals surface area contributed by atoms with Crippen LogP contribution in [0.5, 0.6) is 0 Å². The Labute approximate surface area is 327 Å². The van der Waals surface area contributed by atoms with Crippen LogP contribution in [0, 0.1) is 11.3 Å². The molecule has 2 aromatic heterocycles. The maximum atomic E-state index is 6.55. The van der Waals surface area contributed by atoms with Gasteiger partial charge in [-0.1, -0.05) is 58.6 Å². The third-order valence-corrected chi connectivity index (χ3v) is 10.8. The van der Waals surface area contributed by atoms with Crippen molar-refractivity contribution in [1.82, 2.24) is 30.6 Å². The zero-order chi connectivity index (χ0) is 39.7. The van der Waals surface area contributed by atoms with Crippen molar-refractivity contribution in [2.24, 2.45) is 22.1 Å². The summed E-state index contributed by atoms with van der Waals surface area (Å²) in [6, 6.07) is 11.0. The van der Waals surface area contributed by atoms with Gasteiger partial charge in [-0.2, -0.15) is 0 Å². The standard InChI is InChI=1S/C46H70N8/c1-14-40(51-32(7)27-41(35(10)54-26-17-16-25-50-54)52-34(9)43(48-13)31(5)6)36-20-21-42-38(28-36)39(29-46(11,12)23-22-30(3)4)45(53(42)15-2)37-19-18-24-49-44(37)33(8)47/h14,18-21,24,28,31,33,41,43,48,50,52H,3,9-10,15-17,22-23,25-27,29,47H2,1-2,4-8,11-13H3/b40-14-,51-32?. The predicted molar refractivity (Wildman–Crippen MR) is 233 cm³/mol. The molecule has 54 heavy (non-hydrogen) atoms. The van der Waals surface area contributed by atoms with Gasteiger partial charge >= 0.3 is 0 Å². The Morgan fingerprint density at radius 3 is 2.46 bits per heavy atom. The molecule has 0 amide bonds. The van der Waals surface area contributed by atoms with Crippen LogP contribution in [0.3, 0.4) is 0 Å². The van der Waals surface area contributed by atoms with Crippen molar-refractivity contribution in [1.29, 1.82) is 0 Å². The van der Waals surface area contributed by atoms with E-state index in [4.69, 9.17) is 15.7 Å². The molecule has 3 unspecified atom stereocenters. The fourth-order valence-corrected chi connectivity index (χ4v) is 7.94. The molecule has 1 saturated heterocycles. The highest BCUT2D eigenvalue weighted by atomic mass is 15.5. The molecule has 0 radical (unpaired) electrons. The van der Waals surface area contributed by atoms with E-state index >= 15 is 0 Å². The monoisotopic (exact) mass is 735 g/mol. The third-order valence-electron chi connectivity index (χ3n) is 10.8. The fraction of sp³-hybridized carbons (Fsp3) is 0.522. The first-order valence-electron chi connectivity index (χ1n) is 20.2. The summed E-state index contributed by atoms with van der Waals surface area (Å²) < 4.78 is 2.45. The number of aryl methyl sites for hydroxylation is 1. The van der Waals surface area contributed by atoms with Gasteiger partial charge in [0.2, 0.25) is 0 Å². The zero-order valence-corrected chi connectivity index (χ0v) is 35.2. The van der Waals surface area contributed by atoms with E-state index in [0.29, 0.717) is 12.3 Å². The highest BCUT2D eigenvalue weighted by Crippen LogP contribution is 2.42. The molecule has 294 valence electrons. The smallest absolute Gasteiger partial charge is 0.0719 e. The van der Waals surface area contributed by atoms with Crippen LogP contribution in [0.1, 0.15) is 117 Å². The van der Waals surface area contributed by atoms with Gasteiger partial charge in [0.15, 0.2) is 0 Å². The number of nitrogens with two attached hydrogens (primary N) is 1. The largest absolute Gasteiger partial charge is 0.379 e. The number of hydrogen-bond acceptors (Lipinski definition) is 7. The number of aliphatic imine (C=N–C) groups is 1. The van der Waals surface area contributed by atoms with Crippen LogP contribution in [0.15, 0.2) is 84.3 Å². The quantitative estimate of drug-likeness (QED) is 0.0724. The van der Waals surface area contributed by atoms with Crippen molar-refractivity contribution in [3.8, 4) is 11.3 Å². The second-order valence-corrected chi connectivity index (χ2v) is 16.5. The first-order valence-corrected chi connectivity index (χ1v) is 20.2. The van der Waals surface area contributed by atoms with Crippen molar-refractivity contribution in [3.63, 3.8) is 0 Å². The van der Waals surface area contributed by atoms with E-state index < -0.39 is 0 Å². The number of rotatable bonds is 19. The number of aromatic nitrogens is 2. The van der Waals surface area contributed by atoms with Gasteiger partial charge in [-0.05, 0) is 115 Å². The lowest BCUT2D eigenvalue weighted by Crippen LogP contribution is -2.50. The number of hydrogen-bond donors (Lipinski definition) is 4. The second kappa shape index (κ2) is 19.1. The van der Waals surface area contributed by atoms with E-state index in [-0.39, 0.29) is 23.5 Å². The Bertz CT molecular complexity index is 1830. The SMILES string of the molecule is C=C(C)CCC(C)(C)Cc1c(-c2cccnc2C(C)N)n(CC)c2ccc(/C(=C/C)N=C(C)CC(NC(=C)C(NC)C(C)C)C(=C)N3CCCCN3)cc12. The summed E-state index contributed by atoms with van der Waals surface area (Å²) in [6.45, 7) is 35.8. The molecule has 0 spiro atoms. The average Bonchev–Trinajstić information content (AvgIpc) is 3.44. The van der Waals surface area contributed by atoms with E-state index in [1.807, 2.05) is 26.2 Å². The van der Waals surface area contributed by atoms with Crippen LogP contribution >= 0.6 is 0 Å². The van der Waals surface area contributed by atoms with E-state index in [1.54, 1.807) is 0 Å². The normalized spacial score (nSPS) is 16.1. The molecule has 0 bridgehead atoms. The minimum atomic E-state index is -0.192. The van der Waals surface area contributed by atoms with Crippen LogP contribution in [0.4, 0.5) is 0 Å². The van der Waals surface area contributed by atoms with E-state index in [1.165, 1.54) is 34.2 Å². The lowest BCUT2D eigenvalue weighted by molar-refractivity contribution is 0.188. The van der Waals surface area contributed by atoms with Crippen molar-refractivity contribution in [2.45, 2.75) is 126 Å². The zero-order valence-electron chi connectivity index (χ0n) is 35.2. The average molecular weight is 735 g/mol. The molecule has 8 heteroatoms. The van der Waals surface area contributed by atoms with Crippen LogP contribution in [-0.2, 0) is 13.0 Å². The summed E-state index contributed by atoms with van der Waals surface area (Å²) in [5, 5.41) is 10.7. The molecule has 1 fully saturated rings. The number of benzene rings is 1. The van der Waals surface area contributed by atoms with Gasteiger partial charge in [-0.3, -0.25) is 9.98 Å². The molecule has 0 saturated carbocycles. The molecule has 8 nitrogen and oxygen atoms in total. The molecular weight excluding hydrogens is 665 g/mol. The molecule has 1 aliphatic rings. The van der Waals surface area contributed by atoms with Gasteiger partial charge < -0.3 is 25.9 Å². The van der Waals surface area contributed by atoms with Crippen molar-refractivity contribution >= 4 is 22.3 Å².